The molecule has 2 N–H and O–H groups in total. The third-order valence-corrected chi connectivity index (χ3v) is 5.87. The fraction of sp³-hybridized carbons (Fsp3) is 0.421. The van der Waals surface area contributed by atoms with Crippen LogP contribution in [0.2, 0.25) is 0 Å². The Labute approximate surface area is 161 Å². The lowest BCUT2D eigenvalue weighted by Gasteiger charge is -2.36. The zero-order chi connectivity index (χ0) is 19.1. The molecule has 2 aliphatic heterocycles. The van der Waals surface area contributed by atoms with Crippen molar-refractivity contribution in [3.8, 4) is 0 Å². The number of likely N-dealkylation sites (tertiary alicyclic amines) is 2. The Balaban J connectivity index is 1.36. The lowest BCUT2D eigenvalue weighted by Crippen LogP contribution is -2.48. The van der Waals surface area contributed by atoms with E-state index in [0.29, 0.717) is 48.6 Å². The van der Waals surface area contributed by atoms with Crippen LogP contribution in [0.3, 0.4) is 0 Å². The smallest absolute Gasteiger partial charge is 0.256 e. The molecule has 2 saturated heterocycles. The van der Waals surface area contributed by atoms with Crippen molar-refractivity contribution >= 4 is 22.8 Å². The number of aromatic amines is 2. The maximum Gasteiger partial charge on any atom is 0.256 e. The molecule has 0 radical (unpaired) electrons. The molecule has 5 rings (SSSR count). The highest BCUT2D eigenvalue weighted by molar-refractivity contribution is 6.04. The van der Waals surface area contributed by atoms with Gasteiger partial charge in [0.15, 0.2) is 0 Å². The minimum atomic E-state index is -0.0305. The number of amides is 2. The summed E-state index contributed by atoms with van der Waals surface area (Å²) in [6.07, 6.45) is 3.95. The molecular formula is C19H21N7O2. The first-order chi connectivity index (χ1) is 13.7. The molecule has 2 aromatic heterocycles. The van der Waals surface area contributed by atoms with Crippen LogP contribution in [0.5, 0.6) is 0 Å². The summed E-state index contributed by atoms with van der Waals surface area (Å²) in [7, 11) is 0. The summed E-state index contributed by atoms with van der Waals surface area (Å²) in [6, 6.07) is 7.32. The van der Waals surface area contributed by atoms with E-state index in [2.05, 4.69) is 25.6 Å². The first-order valence-electron chi connectivity index (χ1n) is 9.57. The molecule has 0 bridgehead atoms. The minimum absolute atomic E-state index is 0.0305. The summed E-state index contributed by atoms with van der Waals surface area (Å²) in [6.45, 7) is 1.99. The third kappa shape index (κ3) is 2.83. The Hall–Kier alpha value is -3.23. The molecule has 0 saturated carbocycles. The largest absolute Gasteiger partial charge is 0.340 e. The molecule has 1 aromatic carbocycles. The van der Waals surface area contributed by atoms with Gasteiger partial charge in [0.25, 0.3) is 5.91 Å². The number of carbonyl (C=O) groups excluding carboxylic acids is 2. The fourth-order valence-electron chi connectivity index (χ4n) is 4.49. The molecule has 144 valence electrons. The predicted molar refractivity (Wildman–Crippen MR) is 100 cm³/mol. The Morgan fingerprint density at radius 2 is 2.11 bits per heavy atom. The van der Waals surface area contributed by atoms with Crippen molar-refractivity contribution in [1.29, 1.82) is 0 Å². The van der Waals surface area contributed by atoms with Gasteiger partial charge in [0.2, 0.25) is 5.91 Å². The van der Waals surface area contributed by atoms with Crippen LogP contribution in [0.25, 0.3) is 11.0 Å². The summed E-state index contributed by atoms with van der Waals surface area (Å²) in [4.78, 5) is 29.8. The van der Waals surface area contributed by atoms with Gasteiger partial charge in [-0.25, -0.2) is 0 Å². The van der Waals surface area contributed by atoms with Gasteiger partial charge in [-0.05, 0) is 37.0 Å². The van der Waals surface area contributed by atoms with E-state index in [-0.39, 0.29) is 17.9 Å². The molecule has 0 unspecified atom stereocenters. The number of benzene rings is 1. The average Bonchev–Trinajstić information content (AvgIpc) is 3.45. The van der Waals surface area contributed by atoms with Gasteiger partial charge in [0.05, 0.1) is 18.0 Å². The monoisotopic (exact) mass is 379 g/mol. The molecule has 4 heterocycles. The Morgan fingerprint density at radius 1 is 1.18 bits per heavy atom. The average molecular weight is 379 g/mol. The van der Waals surface area contributed by atoms with Gasteiger partial charge in [-0.3, -0.25) is 14.7 Å². The van der Waals surface area contributed by atoms with Crippen molar-refractivity contribution in [2.45, 2.75) is 25.3 Å². The summed E-state index contributed by atoms with van der Waals surface area (Å²) in [5.41, 5.74) is 2.65. The molecule has 9 heteroatoms. The van der Waals surface area contributed by atoms with Crippen LogP contribution in [-0.2, 0) is 11.2 Å². The molecule has 3 aromatic rings. The van der Waals surface area contributed by atoms with Crippen molar-refractivity contribution in [2.75, 3.05) is 19.6 Å². The number of nitrogens with zero attached hydrogens (tertiary/aromatic N) is 5. The number of carbonyl (C=O) groups is 2. The normalized spacial score (nSPS) is 21.9. The van der Waals surface area contributed by atoms with Crippen LogP contribution in [0.4, 0.5) is 0 Å². The van der Waals surface area contributed by atoms with E-state index in [0.717, 1.165) is 18.5 Å². The molecule has 2 aliphatic rings. The van der Waals surface area contributed by atoms with E-state index in [1.54, 1.807) is 12.3 Å². The predicted octanol–water partition coefficient (Wildman–Crippen LogP) is 0.987. The third-order valence-electron chi connectivity index (χ3n) is 5.87. The Morgan fingerprint density at radius 3 is 2.96 bits per heavy atom. The number of hydrogen-bond donors (Lipinski definition) is 2. The number of piperidine rings is 1. The number of hydrogen-bond acceptors (Lipinski definition) is 5. The van der Waals surface area contributed by atoms with E-state index < -0.39 is 0 Å². The van der Waals surface area contributed by atoms with E-state index in [9.17, 15) is 9.59 Å². The van der Waals surface area contributed by atoms with Crippen LogP contribution in [-0.4, -0.2) is 72.9 Å². The van der Waals surface area contributed by atoms with E-state index >= 15 is 0 Å². The minimum Gasteiger partial charge on any atom is -0.340 e. The first kappa shape index (κ1) is 16.9. The van der Waals surface area contributed by atoms with E-state index in [1.165, 1.54) is 0 Å². The molecule has 0 spiro atoms. The molecule has 2 amide bonds. The molecule has 0 aliphatic carbocycles. The quantitative estimate of drug-likeness (QED) is 0.705. The van der Waals surface area contributed by atoms with Crippen molar-refractivity contribution in [2.24, 2.45) is 5.92 Å². The zero-order valence-electron chi connectivity index (χ0n) is 15.3. The van der Waals surface area contributed by atoms with Crippen LogP contribution in [0, 0.1) is 5.92 Å². The number of nitrogens with one attached hydrogen (secondary N) is 2. The van der Waals surface area contributed by atoms with Gasteiger partial charge in [0.1, 0.15) is 11.0 Å². The van der Waals surface area contributed by atoms with Crippen LogP contribution < -0.4 is 0 Å². The van der Waals surface area contributed by atoms with Gasteiger partial charge >= 0.3 is 0 Å². The summed E-state index contributed by atoms with van der Waals surface area (Å²) >= 11 is 0. The van der Waals surface area contributed by atoms with Crippen LogP contribution >= 0.6 is 0 Å². The van der Waals surface area contributed by atoms with Gasteiger partial charge in [-0.2, -0.15) is 20.5 Å². The lowest BCUT2D eigenvalue weighted by molar-refractivity contribution is -0.129. The molecule has 9 nitrogen and oxygen atoms in total. The Bertz CT molecular complexity index is 1010. The highest BCUT2D eigenvalue weighted by atomic mass is 16.2. The standard InChI is InChI=1S/C19H21N7O2/c27-17(9-13-6-7-20-21-13)25-10-12-3-2-8-26(16(12)11-25)19(28)14-4-1-5-15-18(14)23-24-22-15/h1,4-7,12,16H,2-3,8-11H2,(H,20,21)(H,22,23,24)/t12-,16+/m0/s1. The molecule has 2 atom stereocenters. The van der Waals surface area contributed by atoms with Crippen molar-refractivity contribution in [1.82, 2.24) is 35.4 Å². The van der Waals surface area contributed by atoms with Crippen molar-refractivity contribution in [3.63, 3.8) is 0 Å². The lowest BCUT2D eigenvalue weighted by atomic mass is 9.91. The van der Waals surface area contributed by atoms with Crippen LogP contribution in [0.1, 0.15) is 28.9 Å². The molecule has 28 heavy (non-hydrogen) atoms. The summed E-state index contributed by atoms with van der Waals surface area (Å²) in [5, 5.41) is 17.6. The first-order valence-corrected chi connectivity index (χ1v) is 9.57. The summed E-state index contributed by atoms with van der Waals surface area (Å²) < 4.78 is 0. The number of para-hydroxylation sites is 1. The van der Waals surface area contributed by atoms with Crippen LogP contribution in [0.15, 0.2) is 30.5 Å². The van der Waals surface area contributed by atoms with Gasteiger partial charge in [-0.15, -0.1) is 0 Å². The zero-order valence-corrected chi connectivity index (χ0v) is 15.3. The second kappa shape index (κ2) is 6.74. The topological polar surface area (TPSA) is 111 Å². The van der Waals surface area contributed by atoms with Crippen molar-refractivity contribution < 1.29 is 9.59 Å². The highest BCUT2D eigenvalue weighted by Gasteiger charge is 2.42. The maximum atomic E-state index is 13.3. The number of H-pyrrole nitrogens is 2. The number of rotatable bonds is 3. The SMILES string of the molecule is O=C(Cc1ccn[nH]1)N1C[C@@H]2CCCN(C(=O)c3cccc4n[nH]nc34)[C@@H]2C1. The van der Waals surface area contributed by atoms with Gasteiger partial charge < -0.3 is 9.80 Å². The summed E-state index contributed by atoms with van der Waals surface area (Å²) in [5.74, 6) is 0.363. The molecule has 2 fully saturated rings. The Kier molecular flexibility index (Phi) is 4.07. The fourth-order valence-corrected chi connectivity index (χ4v) is 4.49. The van der Waals surface area contributed by atoms with E-state index in [4.69, 9.17) is 0 Å². The second-order valence-electron chi connectivity index (χ2n) is 7.52. The van der Waals surface area contributed by atoms with Crippen molar-refractivity contribution in [3.05, 3.63) is 41.7 Å². The van der Waals surface area contributed by atoms with E-state index in [1.807, 2.05) is 28.0 Å². The second-order valence-corrected chi connectivity index (χ2v) is 7.52. The number of fused-ring (bicyclic) bond motifs is 2. The highest BCUT2D eigenvalue weighted by Crippen LogP contribution is 2.32. The maximum absolute atomic E-state index is 13.3. The molecular weight excluding hydrogens is 358 g/mol. The van der Waals surface area contributed by atoms with Gasteiger partial charge in [0, 0.05) is 31.5 Å². The number of aromatic nitrogens is 5. The van der Waals surface area contributed by atoms with Gasteiger partial charge in [-0.1, -0.05) is 6.07 Å².